The molecular formula is C27H36N4O4S. The summed E-state index contributed by atoms with van der Waals surface area (Å²) in [6, 6.07) is 9.14. The number of carbonyl (C=O) groups is 1. The van der Waals surface area contributed by atoms with Crippen molar-refractivity contribution in [3.05, 3.63) is 41.6 Å². The number of ether oxygens (including phenoxy) is 1. The second-order valence-corrected chi connectivity index (χ2v) is 11.8. The zero-order valence-electron chi connectivity index (χ0n) is 21.7. The van der Waals surface area contributed by atoms with Gasteiger partial charge in [-0.2, -0.15) is 5.10 Å². The van der Waals surface area contributed by atoms with E-state index in [0.717, 1.165) is 31.2 Å². The summed E-state index contributed by atoms with van der Waals surface area (Å²) in [6.45, 7) is 7.51. The first-order chi connectivity index (χ1) is 17.3. The molecule has 9 heteroatoms. The van der Waals surface area contributed by atoms with Crippen LogP contribution in [0.5, 0.6) is 5.75 Å². The van der Waals surface area contributed by atoms with Crippen LogP contribution >= 0.6 is 0 Å². The molecule has 1 amide bonds. The van der Waals surface area contributed by atoms with Gasteiger partial charge < -0.3 is 9.64 Å². The number of pyridine rings is 1. The minimum Gasteiger partial charge on any atom is -0.497 e. The zero-order chi connectivity index (χ0) is 25.9. The monoisotopic (exact) mass is 512 g/mol. The smallest absolute Gasteiger partial charge is 0.254 e. The van der Waals surface area contributed by atoms with E-state index in [0.29, 0.717) is 53.2 Å². The number of hydrogen-bond acceptors (Lipinski definition) is 6. The van der Waals surface area contributed by atoms with E-state index in [4.69, 9.17) is 14.8 Å². The van der Waals surface area contributed by atoms with Gasteiger partial charge >= 0.3 is 0 Å². The topological polar surface area (TPSA) is 94.4 Å². The average Bonchev–Trinajstić information content (AvgIpc) is 3.41. The minimum atomic E-state index is -3.12. The van der Waals surface area contributed by atoms with Crippen LogP contribution in [0.3, 0.4) is 0 Å². The van der Waals surface area contributed by atoms with Gasteiger partial charge in [0, 0.05) is 18.7 Å². The maximum Gasteiger partial charge on any atom is 0.254 e. The fourth-order valence-corrected chi connectivity index (χ4v) is 6.51. The second kappa shape index (κ2) is 11.0. The number of aromatic nitrogens is 3. The SMILES string of the molecule is CCCCN(CCCC)C(=O)c1cc(-c2cccc(OC)c2)nc2c1c(C)nn2C1CCS(=O)(=O)C1. The van der Waals surface area contributed by atoms with Crippen LogP contribution in [0.1, 0.15) is 68.0 Å². The number of sulfone groups is 1. The highest BCUT2D eigenvalue weighted by atomic mass is 32.2. The molecule has 3 aromatic rings. The van der Waals surface area contributed by atoms with E-state index in [1.807, 2.05) is 42.2 Å². The number of nitrogens with zero attached hydrogens (tertiary/aromatic N) is 4. The molecule has 0 N–H and O–H groups in total. The number of aryl methyl sites for hydroxylation is 1. The molecule has 1 saturated heterocycles. The van der Waals surface area contributed by atoms with E-state index >= 15 is 0 Å². The lowest BCUT2D eigenvalue weighted by Crippen LogP contribution is -2.33. The molecule has 0 radical (unpaired) electrons. The maximum absolute atomic E-state index is 14.0. The standard InChI is InChI=1S/C27H36N4O4S/c1-5-7-13-30(14-8-6-2)27(32)23-17-24(20-10-9-11-22(16-20)35-4)28-26-25(23)19(3)29-31(26)21-12-15-36(33,34)18-21/h9-11,16-17,21H,5-8,12-15,18H2,1-4H3. The first-order valence-corrected chi connectivity index (χ1v) is 14.6. The largest absolute Gasteiger partial charge is 0.497 e. The Balaban J connectivity index is 1.90. The van der Waals surface area contributed by atoms with Crippen LogP contribution in [-0.4, -0.2) is 65.7 Å². The fourth-order valence-electron chi connectivity index (χ4n) is 4.82. The van der Waals surface area contributed by atoms with Crippen molar-refractivity contribution >= 4 is 26.8 Å². The molecule has 1 aliphatic rings. The number of methoxy groups -OCH3 is 1. The molecule has 1 atom stereocenters. The molecular weight excluding hydrogens is 476 g/mol. The zero-order valence-corrected chi connectivity index (χ0v) is 22.5. The molecule has 1 aliphatic heterocycles. The lowest BCUT2D eigenvalue weighted by Gasteiger charge is -2.23. The van der Waals surface area contributed by atoms with Crippen molar-refractivity contribution in [3.63, 3.8) is 0 Å². The maximum atomic E-state index is 14.0. The number of hydrogen-bond donors (Lipinski definition) is 0. The summed E-state index contributed by atoms with van der Waals surface area (Å²) < 4.78 is 31.6. The van der Waals surface area contributed by atoms with Crippen molar-refractivity contribution in [2.45, 2.75) is 58.9 Å². The highest BCUT2D eigenvalue weighted by Gasteiger charge is 2.33. The Morgan fingerprint density at radius 3 is 2.50 bits per heavy atom. The first-order valence-electron chi connectivity index (χ1n) is 12.8. The molecule has 1 fully saturated rings. The highest BCUT2D eigenvalue weighted by Crippen LogP contribution is 2.33. The predicted octanol–water partition coefficient (Wildman–Crippen LogP) is 4.82. The molecule has 4 rings (SSSR count). The highest BCUT2D eigenvalue weighted by molar-refractivity contribution is 7.91. The number of fused-ring (bicyclic) bond motifs is 1. The van der Waals surface area contributed by atoms with Crippen LogP contribution in [0, 0.1) is 6.92 Å². The van der Waals surface area contributed by atoms with Crippen LogP contribution in [-0.2, 0) is 9.84 Å². The van der Waals surface area contributed by atoms with E-state index in [9.17, 15) is 13.2 Å². The van der Waals surface area contributed by atoms with Crippen molar-refractivity contribution in [1.29, 1.82) is 0 Å². The van der Waals surface area contributed by atoms with Crippen LogP contribution in [0.2, 0.25) is 0 Å². The number of rotatable bonds is 10. The summed E-state index contributed by atoms with van der Waals surface area (Å²) >= 11 is 0. The third-order valence-corrected chi connectivity index (χ3v) is 8.59. The molecule has 0 saturated carbocycles. The van der Waals surface area contributed by atoms with Crippen LogP contribution < -0.4 is 4.74 Å². The summed E-state index contributed by atoms with van der Waals surface area (Å²) in [7, 11) is -1.50. The van der Waals surface area contributed by atoms with Crippen LogP contribution in [0.25, 0.3) is 22.3 Å². The van der Waals surface area contributed by atoms with Crippen molar-refractivity contribution in [2.75, 3.05) is 31.7 Å². The van der Waals surface area contributed by atoms with Crippen molar-refractivity contribution in [2.24, 2.45) is 0 Å². The van der Waals surface area contributed by atoms with Gasteiger partial charge in [-0.1, -0.05) is 38.8 Å². The summed E-state index contributed by atoms with van der Waals surface area (Å²) in [6.07, 6.45) is 4.37. The Morgan fingerprint density at radius 2 is 1.89 bits per heavy atom. The van der Waals surface area contributed by atoms with Gasteiger partial charge in [-0.25, -0.2) is 18.1 Å². The minimum absolute atomic E-state index is 0.0323. The van der Waals surface area contributed by atoms with Gasteiger partial charge in [0.05, 0.1) is 47.0 Å². The lowest BCUT2D eigenvalue weighted by molar-refractivity contribution is 0.0753. The Bertz CT molecular complexity index is 1340. The summed E-state index contributed by atoms with van der Waals surface area (Å²) in [5.41, 5.74) is 3.27. The van der Waals surface area contributed by atoms with Crippen LogP contribution in [0.15, 0.2) is 30.3 Å². The Hall–Kier alpha value is -2.94. The van der Waals surface area contributed by atoms with Gasteiger partial charge in [-0.05, 0) is 44.4 Å². The lowest BCUT2D eigenvalue weighted by atomic mass is 10.0. The molecule has 8 nitrogen and oxygen atoms in total. The summed E-state index contributed by atoms with van der Waals surface area (Å²) in [5.74, 6) is 0.842. The van der Waals surface area contributed by atoms with E-state index in [1.54, 1.807) is 11.8 Å². The van der Waals surface area contributed by atoms with Crippen molar-refractivity contribution in [1.82, 2.24) is 19.7 Å². The van der Waals surface area contributed by atoms with E-state index < -0.39 is 9.84 Å². The molecule has 3 heterocycles. The molecule has 0 aliphatic carbocycles. The third kappa shape index (κ3) is 5.40. The first kappa shape index (κ1) is 26.1. The fraction of sp³-hybridized carbons (Fsp3) is 0.519. The second-order valence-electron chi connectivity index (χ2n) is 9.57. The summed E-state index contributed by atoms with van der Waals surface area (Å²) in [5, 5.41) is 5.43. The molecule has 1 aromatic carbocycles. The predicted molar refractivity (Wildman–Crippen MR) is 142 cm³/mol. The van der Waals surface area contributed by atoms with Crippen molar-refractivity contribution < 1.29 is 17.9 Å². The molecule has 1 unspecified atom stereocenters. The van der Waals surface area contributed by atoms with E-state index in [2.05, 4.69) is 13.8 Å². The Labute approximate surface area is 213 Å². The van der Waals surface area contributed by atoms with Gasteiger partial charge in [0.1, 0.15) is 5.75 Å². The van der Waals surface area contributed by atoms with Crippen LogP contribution in [0.4, 0.5) is 0 Å². The number of carbonyl (C=O) groups excluding carboxylic acids is 1. The number of benzene rings is 1. The van der Waals surface area contributed by atoms with Gasteiger partial charge in [0.2, 0.25) is 0 Å². The quantitative estimate of drug-likeness (QED) is 0.387. The average molecular weight is 513 g/mol. The molecule has 2 aromatic heterocycles. The Kier molecular flexibility index (Phi) is 7.97. The molecule has 36 heavy (non-hydrogen) atoms. The summed E-state index contributed by atoms with van der Waals surface area (Å²) in [4.78, 5) is 20.9. The van der Waals surface area contributed by atoms with Gasteiger partial charge in [0.25, 0.3) is 5.91 Å². The van der Waals surface area contributed by atoms with E-state index in [-0.39, 0.29) is 23.5 Å². The third-order valence-electron chi connectivity index (χ3n) is 6.84. The van der Waals surface area contributed by atoms with Crippen molar-refractivity contribution in [3.8, 4) is 17.0 Å². The number of unbranched alkanes of at least 4 members (excludes halogenated alkanes) is 2. The normalized spacial score (nSPS) is 16.9. The van der Waals surface area contributed by atoms with E-state index in [1.165, 1.54) is 0 Å². The number of amides is 1. The molecule has 0 bridgehead atoms. The Morgan fingerprint density at radius 1 is 1.17 bits per heavy atom. The van der Waals surface area contributed by atoms with Gasteiger partial charge in [-0.15, -0.1) is 0 Å². The molecule has 194 valence electrons. The van der Waals surface area contributed by atoms with Gasteiger partial charge in [-0.3, -0.25) is 4.79 Å². The molecule has 0 spiro atoms. The van der Waals surface area contributed by atoms with Gasteiger partial charge in [0.15, 0.2) is 15.5 Å².